The fourth-order valence-corrected chi connectivity index (χ4v) is 9.56. The number of phenols is 1. The van der Waals surface area contributed by atoms with Crippen LogP contribution in [-0.4, -0.2) is 108 Å². The lowest BCUT2D eigenvalue weighted by molar-refractivity contribution is -0.362. The summed E-state index contributed by atoms with van der Waals surface area (Å²) in [5.74, 6) is 0.0972. The maximum Gasteiger partial charge on any atom is 0.340 e. The average molecular weight is 784 g/mol. The van der Waals surface area contributed by atoms with Crippen LogP contribution in [0, 0.1) is 0 Å². The number of benzene rings is 4. The van der Waals surface area contributed by atoms with Crippen molar-refractivity contribution < 1.29 is 58.7 Å². The van der Waals surface area contributed by atoms with Gasteiger partial charge in [0.15, 0.2) is 23.3 Å². The van der Waals surface area contributed by atoms with Gasteiger partial charge in [-0.2, -0.15) is 0 Å². The van der Waals surface area contributed by atoms with Crippen molar-refractivity contribution in [3.63, 3.8) is 0 Å². The number of carbonyl (C=O) groups is 1. The van der Waals surface area contributed by atoms with Crippen LogP contribution in [0.15, 0.2) is 60.7 Å². The van der Waals surface area contributed by atoms with E-state index in [0.717, 1.165) is 27.8 Å². The third kappa shape index (κ3) is 5.56. The number of hydrogen-bond acceptors (Lipinski definition) is 14. The van der Waals surface area contributed by atoms with E-state index in [-0.39, 0.29) is 24.0 Å². The molecule has 5 heterocycles. The molecule has 15 nitrogen and oxygen atoms in total. The van der Waals surface area contributed by atoms with Crippen molar-refractivity contribution in [2.75, 3.05) is 34.9 Å². The Morgan fingerprint density at radius 3 is 2.53 bits per heavy atom. The van der Waals surface area contributed by atoms with Crippen LogP contribution in [0.4, 0.5) is 0 Å². The second-order valence-corrected chi connectivity index (χ2v) is 15.3. The van der Waals surface area contributed by atoms with Gasteiger partial charge < -0.3 is 64.6 Å². The minimum Gasteiger partial charge on any atom is -0.508 e. The molecule has 1 aliphatic carbocycles. The standard InChI is InChI=1S/C42H45N3O12/c1-43-17-22-13-29(52-3)34(53-4)36-31(22)33-27-12-20-7-5-6-19(10-20)11-21-8-9-23(46)14-25(21)26-15-24(16-28(55-27)32(26)35(33)56-36)54-38-37(47)42(51)39(48)41(57-38,40(49)50)30(44-2)18-45-42/h5-10,13-16,27,30,33,35,37-39,43-48,51H,11-12,17-18H2,1-4H3,(H,49,50)/t27-,30-,33-,35+,37+,38+,39-,41+,42+/m1/s1. The fraction of sp³-hybridized carbons (Fsp3) is 0.405. The molecule has 0 aromatic heterocycles. The van der Waals surface area contributed by atoms with Gasteiger partial charge in [0, 0.05) is 36.7 Å². The van der Waals surface area contributed by atoms with Gasteiger partial charge in [0.25, 0.3) is 0 Å². The van der Waals surface area contributed by atoms with Crippen molar-refractivity contribution in [1.82, 2.24) is 16.0 Å². The van der Waals surface area contributed by atoms with Crippen LogP contribution in [-0.2, 0) is 28.9 Å². The van der Waals surface area contributed by atoms with Gasteiger partial charge in [-0.15, -0.1) is 0 Å². The molecule has 57 heavy (non-hydrogen) atoms. The fourth-order valence-electron chi connectivity index (χ4n) is 9.56. The number of aromatic hydroxyl groups is 1. The van der Waals surface area contributed by atoms with Crippen molar-refractivity contribution in [3.05, 3.63) is 94.0 Å². The van der Waals surface area contributed by atoms with E-state index in [4.69, 9.17) is 28.4 Å². The Kier molecular flexibility index (Phi) is 9.04. The van der Waals surface area contributed by atoms with Gasteiger partial charge in [-0.3, -0.25) is 5.32 Å². The maximum absolute atomic E-state index is 12.9. The molecule has 15 heteroatoms. The zero-order valence-corrected chi connectivity index (χ0v) is 31.7. The lowest BCUT2D eigenvalue weighted by Gasteiger charge is -2.58. The number of likely N-dealkylation sites (N-methyl/N-ethyl adjacent to an activating group) is 1. The summed E-state index contributed by atoms with van der Waals surface area (Å²) in [6.07, 6.45) is -5.90. The van der Waals surface area contributed by atoms with Crippen molar-refractivity contribution in [1.29, 1.82) is 0 Å². The summed E-state index contributed by atoms with van der Waals surface area (Å²) in [5, 5.41) is 64.6. The zero-order chi connectivity index (χ0) is 40.0. The minimum atomic E-state index is -2.50. The zero-order valence-electron chi connectivity index (χ0n) is 31.7. The number of carboxylic acids is 1. The van der Waals surface area contributed by atoms with Crippen molar-refractivity contribution in [3.8, 4) is 45.6 Å². The lowest BCUT2D eigenvalue weighted by Crippen LogP contribution is -2.87. The number of phenolic OH excluding ortho intramolecular Hbond substituents is 1. The van der Waals surface area contributed by atoms with Crippen LogP contribution in [0.1, 0.15) is 45.4 Å². The SMILES string of the molecule is CNCc1cc(OC)c(OC)c2c1[C@H]1[C@H]3Cc4cccc(c4)Cc4ccc(O)cc4-c4cc(O[C@H]5O[C@@]6(C(=O)O)[C@H](NC)CN[C@](O)([C@H]5O)[C@@H]6O)cc(c4[C@@H]1O2)O3. The number of hydrogen-bond donors (Lipinski definition) is 8. The van der Waals surface area contributed by atoms with Crippen LogP contribution in [0.2, 0.25) is 0 Å². The lowest BCUT2D eigenvalue weighted by atomic mass is 9.74. The Morgan fingerprint density at radius 1 is 0.982 bits per heavy atom. The van der Waals surface area contributed by atoms with E-state index in [2.05, 4.69) is 34.1 Å². The summed E-state index contributed by atoms with van der Waals surface area (Å²) in [7, 11) is 6.52. The summed E-state index contributed by atoms with van der Waals surface area (Å²) in [5.41, 5.74) is 1.83. The number of aliphatic carboxylic acids is 1. The van der Waals surface area contributed by atoms with E-state index in [1.54, 1.807) is 38.5 Å². The van der Waals surface area contributed by atoms with Crippen molar-refractivity contribution in [2.45, 2.75) is 73.4 Å². The highest BCUT2D eigenvalue weighted by Gasteiger charge is 2.71. The van der Waals surface area contributed by atoms with Crippen LogP contribution in [0.3, 0.4) is 0 Å². The molecular weight excluding hydrogens is 738 g/mol. The Hall–Kier alpha value is -5.13. The summed E-state index contributed by atoms with van der Waals surface area (Å²) < 4.78 is 38.2. The van der Waals surface area contributed by atoms with Crippen molar-refractivity contribution >= 4 is 5.97 Å². The molecule has 0 unspecified atom stereocenters. The van der Waals surface area contributed by atoms with Gasteiger partial charge in [-0.05, 0) is 78.2 Å². The van der Waals surface area contributed by atoms with Gasteiger partial charge in [0.2, 0.25) is 17.6 Å². The highest BCUT2D eigenvalue weighted by Crippen LogP contribution is 2.62. The van der Waals surface area contributed by atoms with Gasteiger partial charge in [0.05, 0.1) is 26.2 Å². The number of carboxylic acid groups (broad SMARTS) is 1. The summed E-state index contributed by atoms with van der Waals surface area (Å²) >= 11 is 0. The molecule has 0 spiro atoms. The number of methoxy groups -OCH3 is 2. The topological polar surface area (TPSA) is 210 Å². The van der Waals surface area contributed by atoms with Gasteiger partial charge in [0.1, 0.15) is 35.6 Å². The molecule has 0 saturated carbocycles. The first-order valence-corrected chi connectivity index (χ1v) is 18.9. The number of aliphatic hydroxyl groups is 3. The van der Waals surface area contributed by atoms with E-state index in [0.29, 0.717) is 59.1 Å². The normalized spacial score (nSPS) is 30.3. The molecule has 6 aliphatic rings. The molecule has 8 N–H and O–H groups in total. The van der Waals surface area contributed by atoms with Gasteiger partial charge in [-0.1, -0.05) is 30.3 Å². The molecule has 4 aromatic rings. The number of piperidine rings is 1. The molecule has 8 bridgehead atoms. The summed E-state index contributed by atoms with van der Waals surface area (Å²) in [6.45, 7) is 0.366. The highest BCUT2D eigenvalue weighted by molar-refractivity contribution is 5.81. The molecule has 0 radical (unpaired) electrons. The Labute approximate surface area is 328 Å². The van der Waals surface area contributed by atoms with E-state index < -0.39 is 54.0 Å². The second-order valence-electron chi connectivity index (χ2n) is 15.3. The summed E-state index contributed by atoms with van der Waals surface area (Å²) in [4.78, 5) is 12.9. The first-order valence-electron chi connectivity index (χ1n) is 18.9. The molecule has 0 amide bonds. The van der Waals surface area contributed by atoms with Crippen LogP contribution in [0.25, 0.3) is 11.1 Å². The highest BCUT2D eigenvalue weighted by atomic mass is 16.7. The smallest absolute Gasteiger partial charge is 0.340 e. The minimum absolute atomic E-state index is 0.0156. The van der Waals surface area contributed by atoms with Gasteiger partial charge in [-0.25, -0.2) is 4.79 Å². The predicted molar refractivity (Wildman–Crippen MR) is 203 cm³/mol. The van der Waals surface area contributed by atoms with Gasteiger partial charge >= 0.3 is 5.97 Å². The van der Waals surface area contributed by atoms with E-state index in [9.17, 15) is 30.3 Å². The molecule has 2 fully saturated rings. The quantitative estimate of drug-likeness (QED) is 0.129. The molecule has 4 aromatic carbocycles. The number of nitrogens with one attached hydrogen (secondary N) is 3. The molecule has 5 aliphatic heterocycles. The Balaban J connectivity index is 1.26. The monoisotopic (exact) mass is 783 g/mol. The molecule has 300 valence electrons. The Bertz CT molecular complexity index is 2270. The van der Waals surface area contributed by atoms with E-state index in [1.165, 1.54) is 7.05 Å². The average Bonchev–Trinajstić information content (AvgIpc) is 3.60. The van der Waals surface area contributed by atoms with Crippen molar-refractivity contribution in [2.24, 2.45) is 0 Å². The molecular formula is C42H45N3O12. The van der Waals surface area contributed by atoms with Crippen LogP contribution >= 0.6 is 0 Å². The number of ether oxygens (including phenoxy) is 6. The molecule has 9 atom stereocenters. The largest absolute Gasteiger partial charge is 0.508 e. The first kappa shape index (κ1) is 37.4. The Morgan fingerprint density at radius 2 is 1.79 bits per heavy atom. The summed E-state index contributed by atoms with van der Waals surface area (Å²) in [6, 6.07) is 17.7. The third-order valence-corrected chi connectivity index (χ3v) is 12.2. The molecule has 10 rings (SSSR count). The number of aliphatic hydroxyl groups excluding tert-OH is 2. The first-order chi connectivity index (χ1) is 27.4. The number of fused-ring (bicyclic) bond motifs is 3. The van der Waals surface area contributed by atoms with E-state index in [1.807, 2.05) is 25.2 Å². The van der Waals surface area contributed by atoms with E-state index >= 15 is 0 Å². The van der Waals surface area contributed by atoms with Crippen LogP contribution in [0.5, 0.6) is 34.5 Å². The predicted octanol–water partition coefficient (Wildman–Crippen LogP) is 2.08. The number of rotatable bonds is 8. The second kappa shape index (κ2) is 13.8. The maximum atomic E-state index is 12.9. The van der Waals surface area contributed by atoms with Crippen LogP contribution < -0.4 is 39.6 Å². The molecule has 2 saturated heterocycles. The third-order valence-electron chi connectivity index (χ3n) is 12.2.